The average Bonchev–Trinajstić information content (AvgIpc) is 3.82. The molecule has 4 aliphatic heterocycles. The van der Waals surface area contributed by atoms with Crippen molar-refractivity contribution in [1.29, 1.82) is 0 Å². The molecule has 0 aromatic heterocycles. The van der Waals surface area contributed by atoms with Crippen molar-refractivity contribution in [3.05, 3.63) is 24.3 Å². The van der Waals surface area contributed by atoms with Gasteiger partial charge in [0.1, 0.15) is 42.2 Å². The van der Waals surface area contributed by atoms with E-state index < -0.39 is 109 Å². The summed E-state index contributed by atoms with van der Waals surface area (Å²) in [7, 11) is 4.46. The van der Waals surface area contributed by atoms with E-state index in [0.29, 0.717) is 6.42 Å². The van der Waals surface area contributed by atoms with Gasteiger partial charge in [-0.05, 0) is 52.2 Å². The highest BCUT2D eigenvalue weighted by molar-refractivity contribution is 5.96. The number of ketones is 1. The summed E-state index contributed by atoms with van der Waals surface area (Å²) < 4.78 is 52.6. The van der Waals surface area contributed by atoms with E-state index >= 15 is 0 Å². The number of ether oxygens (including phenoxy) is 9. The van der Waals surface area contributed by atoms with E-state index in [-0.39, 0.29) is 19.1 Å². The van der Waals surface area contributed by atoms with Crippen LogP contribution in [0.5, 0.6) is 0 Å². The minimum absolute atomic E-state index is 0.0234. The van der Waals surface area contributed by atoms with E-state index in [0.717, 1.165) is 0 Å². The maximum Gasteiger partial charge on any atom is 0.330 e. The van der Waals surface area contributed by atoms with E-state index in [1.165, 1.54) is 40.4 Å². The lowest BCUT2D eigenvalue weighted by molar-refractivity contribution is -0.305. The van der Waals surface area contributed by atoms with Crippen molar-refractivity contribution in [2.45, 2.75) is 140 Å². The number of cyclic esters (lactones) is 1. The molecule has 0 radical (unpaired) electrons. The van der Waals surface area contributed by atoms with Crippen molar-refractivity contribution in [2.24, 2.45) is 17.8 Å². The molecule has 3 N–H and O–H groups in total. The Balaban J connectivity index is 1.56. The van der Waals surface area contributed by atoms with Gasteiger partial charge in [-0.3, -0.25) is 4.79 Å². The molecule has 0 spiro atoms. The first-order valence-electron chi connectivity index (χ1n) is 17.1. The fourth-order valence-corrected chi connectivity index (χ4v) is 7.12. The van der Waals surface area contributed by atoms with Gasteiger partial charge in [0, 0.05) is 45.7 Å². The number of rotatable bonds is 8. The molecule has 280 valence electrons. The van der Waals surface area contributed by atoms with E-state index in [4.69, 9.17) is 42.6 Å². The molecule has 0 bridgehead atoms. The van der Waals surface area contributed by atoms with Crippen molar-refractivity contribution >= 4 is 11.8 Å². The predicted molar refractivity (Wildman–Crippen MR) is 173 cm³/mol. The number of aliphatic hydroxyl groups excluding tert-OH is 2. The zero-order valence-corrected chi connectivity index (χ0v) is 30.0. The topological polar surface area (TPSA) is 181 Å². The molecule has 0 amide bonds. The number of aliphatic hydroxyl groups is 3. The van der Waals surface area contributed by atoms with Crippen LogP contribution < -0.4 is 0 Å². The molecule has 14 heteroatoms. The molecule has 4 heterocycles. The van der Waals surface area contributed by atoms with Gasteiger partial charge in [0.05, 0.1) is 37.1 Å². The molecule has 3 fully saturated rings. The zero-order chi connectivity index (χ0) is 36.2. The Hall–Kier alpha value is -1.82. The van der Waals surface area contributed by atoms with Gasteiger partial charge >= 0.3 is 5.97 Å². The monoisotopic (exact) mass is 700 g/mol. The molecule has 0 saturated carbocycles. The lowest BCUT2D eigenvalue weighted by Gasteiger charge is -2.42. The maximum atomic E-state index is 13.3. The molecule has 49 heavy (non-hydrogen) atoms. The molecule has 3 saturated heterocycles. The third kappa shape index (κ3) is 9.74. The number of esters is 1. The molecular weight excluding hydrogens is 644 g/mol. The van der Waals surface area contributed by atoms with Gasteiger partial charge in [0.15, 0.2) is 18.4 Å². The highest BCUT2D eigenvalue weighted by atomic mass is 16.7. The molecule has 17 atom stereocenters. The Morgan fingerprint density at radius 3 is 2.18 bits per heavy atom. The maximum absolute atomic E-state index is 13.3. The fourth-order valence-electron chi connectivity index (χ4n) is 7.12. The second-order valence-corrected chi connectivity index (χ2v) is 14.1. The summed E-state index contributed by atoms with van der Waals surface area (Å²) in [6.07, 6.45) is -2.67. The van der Waals surface area contributed by atoms with E-state index in [2.05, 4.69) is 0 Å². The Labute approximate surface area is 288 Å². The number of hydrogen-bond acceptors (Lipinski definition) is 14. The second kappa shape index (κ2) is 17.1. The van der Waals surface area contributed by atoms with Crippen LogP contribution in [0.3, 0.4) is 0 Å². The lowest BCUT2D eigenvalue weighted by atomic mass is 9.82. The van der Waals surface area contributed by atoms with Crippen LogP contribution >= 0.6 is 0 Å². The Kier molecular flexibility index (Phi) is 14.0. The van der Waals surface area contributed by atoms with Crippen LogP contribution in [0.25, 0.3) is 0 Å². The van der Waals surface area contributed by atoms with Gasteiger partial charge in [-0.15, -0.1) is 0 Å². The molecule has 0 aromatic carbocycles. The number of hydrogen-bond donors (Lipinski definition) is 3. The number of epoxide rings is 1. The standard InChI is InChI=1S/C35H56O14/c1-17-10-13-26(37)46-20(4)22(16-44-34-32(43-9)31(42-8)27(38)21(5)47-34)30-23(48-30)11-12-25(36)35(6,40)15-18(2)29(17)49-33-28(39)24(41-7)14-19(3)45-33/h10-13,17-24,27-34,38-40H,14-16H2,1-9H3/b12-11-,13-10+/t17-,18+,19+,20-,21+,22+,23-,24-,27+,28+,29-,30-,31+,32+,33-,34+,35+/m0/s1. The Bertz CT molecular complexity index is 1160. The summed E-state index contributed by atoms with van der Waals surface area (Å²) in [5.74, 6) is -2.45. The Morgan fingerprint density at radius 1 is 0.837 bits per heavy atom. The minimum Gasteiger partial charge on any atom is -0.459 e. The Morgan fingerprint density at radius 2 is 1.53 bits per heavy atom. The van der Waals surface area contributed by atoms with Gasteiger partial charge in [-0.2, -0.15) is 0 Å². The van der Waals surface area contributed by atoms with Crippen LogP contribution in [0, 0.1) is 17.8 Å². The molecule has 4 aliphatic rings. The van der Waals surface area contributed by atoms with Crippen molar-refractivity contribution < 1.29 is 67.5 Å². The van der Waals surface area contributed by atoms with Crippen LogP contribution in [0.1, 0.15) is 54.4 Å². The third-order valence-corrected chi connectivity index (χ3v) is 10.1. The highest BCUT2D eigenvalue weighted by Crippen LogP contribution is 2.37. The van der Waals surface area contributed by atoms with Crippen molar-refractivity contribution in [3.8, 4) is 0 Å². The summed E-state index contributed by atoms with van der Waals surface area (Å²) in [4.78, 5) is 26.5. The minimum atomic E-state index is -1.75. The summed E-state index contributed by atoms with van der Waals surface area (Å²) in [5, 5.41) is 32.8. The molecule has 4 rings (SSSR count). The van der Waals surface area contributed by atoms with Gasteiger partial charge in [-0.1, -0.05) is 19.9 Å². The average molecular weight is 701 g/mol. The van der Waals surface area contributed by atoms with E-state index in [1.54, 1.807) is 26.0 Å². The molecule has 0 aromatic rings. The first-order chi connectivity index (χ1) is 23.1. The highest BCUT2D eigenvalue weighted by Gasteiger charge is 2.50. The number of fused-ring (bicyclic) bond motifs is 1. The van der Waals surface area contributed by atoms with Crippen LogP contribution in [-0.4, -0.2) is 140 Å². The quantitative estimate of drug-likeness (QED) is 0.245. The summed E-state index contributed by atoms with van der Waals surface area (Å²) in [6, 6.07) is 0. The van der Waals surface area contributed by atoms with E-state index in [9.17, 15) is 24.9 Å². The lowest BCUT2D eigenvalue weighted by Crippen LogP contribution is -2.59. The second-order valence-electron chi connectivity index (χ2n) is 14.1. The van der Waals surface area contributed by atoms with Crippen LogP contribution in [0.2, 0.25) is 0 Å². The van der Waals surface area contributed by atoms with Gasteiger partial charge in [0.2, 0.25) is 0 Å². The molecular formula is C35H56O14. The van der Waals surface area contributed by atoms with Crippen molar-refractivity contribution in [2.75, 3.05) is 27.9 Å². The van der Waals surface area contributed by atoms with Gasteiger partial charge in [0.25, 0.3) is 0 Å². The normalized spacial score (nSPS) is 48.3. The number of carbonyl (C=O) groups is 2. The van der Waals surface area contributed by atoms with Gasteiger partial charge in [-0.25, -0.2) is 4.79 Å². The zero-order valence-electron chi connectivity index (χ0n) is 30.0. The molecule has 14 nitrogen and oxygen atoms in total. The first-order valence-corrected chi connectivity index (χ1v) is 17.1. The molecule has 0 aliphatic carbocycles. The van der Waals surface area contributed by atoms with Gasteiger partial charge < -0.3 is 58.0 Å². The summed E-state index contributed by atoms with van der Waals surface area (Å²) >= 11 is 0. The summed E-state index contributed by atoms with van der Waals surface area (Å²) in [5.41, 5.74) is -1.75. The van der Waals surface area contributed by atoms with Crippen molar-refractivity contribution in [3.63, 3.8) is 0 Å². The SMILES string of the molecule is CO[C@@H]1[C@H](O)[C@@H](C)O[C@@H](OC[C@H]2[C@@H]3O[C@H]3/C=C\C(=O)[C@](C)(O)C[C@@H](C)[C@@H](O[C@@H]3O[C@H](C)C[C@H](OC)[C@H]3O)[C@@H](C)/C=C/C(=O)O[C@H]2C)[C@@H]1OC. The van der Waals surface area contributed by atoms with Crippen molar-refractivity contribution in [1.82, 2.24) is 0 Å². The number of methoxy groups -OCH3 is 3. The fraction of sp³-hybridized carbons (Fsp3) is 0.829. The predicted octanol–water partition coefficient (Wildman–Crippen LogP) is 1.46. The summed E-state index contributed by atoms with van der Waals surface area (Å²) in [6.45, 7) is 10.4. The smallest absolute Gasteiger partial charge is 0.330 e. The first kappa shape index (κ1) is 40.0. The van der Waals surface area contributed by atoms with Crippen LogP contribution in [0.15, 0.2) is 24.3 Å². The largest absolute Gasteiger partial charge is 0.459 e. The van der Waals surface area contributed by atoms with Crippen LogP contribution in [0.4, 0.5) is 0 Å². The van der Waals surface area contributed by atoms with E-state index in [1.807, 2.05) is 20.8 Å². The third-order valence-electron chi connectivity index (χ3n) is 10.1. The number of carbonyl (C=O) groups excluding carboxylic acids is 2. The van der Waals surface area contributed by atoms with Crippen LogP contribution in [-0.2, 0) is 52.2 Å². The molecule has 0 unspecified atom stereocenters.